The number of hydrogen-bond acceptors (Lipinski definition) is 15. The van der Waals surface area contributed by atoms with Crippen molar-refractivity contribution in [3.63, 3.8) is 0 Å². The van der Waals surface area contributed by atoms with E-state index in [1.807, 2.05) is 0 Å². The van der Waals surface area contributed by atoms with Crippen molar-refractivity contribution in [2.45, 2.75) is 413 Å². The summed E-state index contributed by atoms with van der Waals surface area (Å²) >= 11 is 0. The highest BCUT2D eigenvalue weighted by molar-refractivity contribution is 7.47. The molecule has 0 heterocycles. The van der Waals surface area contributed by atoms with Gasteiger partial charge < -0.3 is 33.8 Å². The Hall–Kier alpha value is -2.46. The van der Waals surface area contributed by atoms with Crippen LogP contribution < -0.4 is 0 Å². The number of aliphatic hydroxyl groups excluding tert-OH is 1. The summed E-state index contributed by atoms with van der Waals surface area (Å²) in [6, 6.07) is 0. The summed E-state index contributed by atoms with van der Waals surface area (Å²) in [4.78, 5) is 72.9. The van der Waals surface area contributed by atoms with E-state index in [4.69, 9.17) is 37.0 Å². The van der Waals surface area contributed by atoms with Crippen molar-refractivity contribution in [2.75, 3.05) is 39.6 Å². The third-order valence-electron chi connectivity index (χ3n) is 18.1. The second-order valence-electron chi connectivity index (χ2n) is 29.1. The van der Waals surface area contributed by atoms with E-state index >= 15 is 0 Å². The molecular weight excluding hydrogens is 1290 g/mol. The third-order valence-corrected chi connectivity index (χ3v) is 20.0. The molecule has 0 saturated heterocycles. The number of unbranched alkanes of at least 4 members (excludes halogenated alkanes) is 44. The maximum Gasteiger partial charge on any atom is 0.472 e. The lowest BCUT2D eigenvalue weighted by Gasteiger charge is -2.21. The third kappa shape index (κ3) is 73.6. The Morgan fingerprint density at radius 2 is 0.545 bits per heavy atom. The molecule has 584 valence electrons. The zero-order chi connectivity index (χ0) is 72.8. The molecule has 0 amide bonds. The molecule has 99 heavy (non-hydrogen) atoms. The number of phosphoric acid groups is 2. The van der Waals surface area contributed by atoms with Crippen LogP contribution in [0.25, 0.3) is 0 Å². The van der Waals surface area contributed by atoms with Crippen molar-refractivity contribution in [1.82, 2.24) is 0 Å². The van der Waals surface area contributed by atoms with Gasteiger partial charge in [-0.3, -0.25) is 37.3 Å². The van der Waals surface area contributed by atoms with Crippen molar-refractivity contribution < 1.29 is 80.2 Å². The van der Waals surface area contributed by atoms with Gasteiger partial charge in [0.25, 0.3) is 0 Å². The van der Waals surface area contributed by atoms with Gasteiger partial charge in [-0.05, 0) is 63.2 Å². The van der Waals surface area contributed by atoms with Crippen LogP contribution >= 0.6 is 15.6 Å². The van der Waals surface area contributed by atoms with Gasteiger partial charge in [0.2, 0.25) is 0 Å². The molecule has 0 aliphatic rings. The molecule has 0 radical (unpaired) electrons. The van der Waals surface area contributed by atoms with E-state index < -0.39 is 97.5 Å². The van der Waals surface area contributed by atoms with E-state index in [1.54, 1.807) is 0 Å². The second-order valence-corrected chi connectivity index (χ2v) is 32.0. The summed E-state index contributed by atoms with van der Waals surface area (Å²) in [6.45, 7) is 9.56. The predicted octanol–water partition coefficient (Wildman–Crippen LogP) is 23.4. The van der Waals surface area contributed by atoms with Crippen molar-refractivity contribution >= 4 is 39.5 Å². The van der Waals surface area contributed by atoms with E-state index in [2.05, 4.69) is 65.8 Å². The van der Waals surface area contributed by atoms with Gasteiger partial charge in [0.15, 0.2) is 12.2 Å². The molecule has 17 nitrogen and oxygen atoms in total. The van der Waals surface area contributed by atoms with Crippen LogP contribution in [0.15, 0.2) is 24.3 Å². The van der Waals surface area contributed by atoms with E-state index in [-0.39, 0.29) is 25.7 Å². The van der Waals surface area contributed by atoms with Crippen LogP contribution in [0.1, 0.15) is 395 Å². The van der Waals surface area contributed by atoms with E-state index in [0.717, 1.165) is 121 Å². The van der Waals surface area contributed by atoms with Crippen LogP contribution in [0, 0.1) is 11.8 Å². The van der Waals surface area contributed by atoms with E-state index in [9.17, 15) is 43.2 Å². The molecule has 3 N–H and O–H groups in total. The minimum absolute atomic E-state index is 0.101. The number of ether oxygens (including phenoxy) is 4. The number of rotatable bonds is 77. The van der Waals surface area contributed by atoms with Gasteiger partial charge in [0.1, 0.15) is 19.3 Å². The molecule has 5 atom stereocenters. The Kier molecular flexibility index (Phi) is 69.4. The van der Waals surface area contributed by atoms with Crippen molar-refractivity contribution in [3.05, 3.63) is 24.3 Å². The number of aliphatic hydroxyl groups is 1. The summed E-state index contributed by atoms with van der Waals surface area (Å²) in [5.41, 5.74) is 0. The largest absolute Gasteiger partial charge is 0.472 e. The number of carbonyl (C=O) groups excluding carboxylic acids is 4. The molecule has 0 aliphatic carbocycles. The molecule has 2 unspecified atom stereocenters. The molecule has 0 aromatic rings. The maximum absolute atomic E-state index is 13.1. The lowest BCUT2D eigenvalue weighted by molar-refractivity contribution is -0.161. The fourth-order valence-corrected chi connectivity index (χ4v) is 13.4. The van der Waals surface area contributed by atoms with E-state index in [0.29, 0.717) is 25.7 Å². The van der Waals surface area contributed by atoms with E-state index in [1.165, 1.54) is 193 Å². The average molecular weight is 1450 g/mol. The number of carbonyl (C=O) groups is 4. The Morgan fingerprint density at radius 3 is 0.828 bits per heavy atom. The molecular formula is C80H152O17P2. The Balaban J connectivity index is 5.25. The van der Waals surface area contributed by atoms with Gasteiger partial charge in [0.05, 0.1) is 26.4 Å². The topological polar surface area (TPSA) is 237 Å². The Morgan fingerprint density at radius 1 is 0.313 bits per heavy atom. The number of hydrogen-bond donors (Lipinski definition) is 3. The summed E-state index contributed by atoms with van der Waals surface area (Å²) < 4.78 is 68.6. The fourth-order valence-electron chi connectivity index (χ4n) is 11.8. The molecule has 0 aromatic carbocycles. The molecule has 0 aliphatic heterocycles. The lowest BCUT2D eigenvalue weighted by atomic mass is 10.0. The van der Waals surface area contributed by atoms with Gasteiger partial charge in [-0.25, -0.2) is 9.13 Å². The second kappa shape index (κ2) is 71.2. The summed E-state index contributed by atoms with van der Waals surface area (Å²) in [6.07, 6.45) is 63.3. The highest BCUT2D eigenvalue weighted by Gasteiger charge is 2.30. The molecule has 0 rings (SSSR count). The van der Waals surface area contributed by atoms with Gasteiger partial charge in [-0.1, -0.05) is 342 Å². The zero-order valence-corrected chi connectivity index (χ0v) is 66.1. The quantitative estimate of drug-likeness (QED) is 0.0169. The first-order valence-electron chi connectivity index (χ1n) is 40.8. The molecule has 0 fully saturated rings. The highest BCUT2D eigenvalue weighted by Crippen LogP contribution is 2.45. The fraction of sp³-hybridized carbons (Fsp3) is 0.900. The summed E-state index contributed by atoms with van der Waals surface area (Å²) in [5, 5.41) is 10.6. The standard InChI is InChI=1S/C80H152O17P2/c1-7-9-11-13-15-17-19-20-25-29-33-39-45-51-57-63-78(83)91-68-75(96-79(84)64-58-52-46-40-34-30-27-24-22-21-23-26-28-32-36-42-48-54-60-72(3)4)70-94-98(86,87)92-66-74(81)67-93-99(88,89)95-71-76(69-90-77(82)62-56-50-44-38-31-18-16-14-12-10-8-2)97-80(85)65-59-53-47-41-35-37-43-49-55-61-73(5)6/h17,19-20,25,72-76,81H,7-16,18,21-24,26-71H2,1-6H3,(H,86,87)(H,88,89)/b19-17-,25-20-/t74-,75-,76-/m1/s1. The summed E-state index contributed by atoms with van der Waals surface area (Å²) in [5.74, 6) is -0.588. The molecule has 19 heteroatoms. The van der Waals surface area contributed by atoms with Crippen LogP contribution in [-0.2, 0) is 65.4 Å². The molecule has 0 aromatic heterocycles. The minimum atomic E-state index is -4.97. The van der Waals surface area contributed by atoms with Crippen LogP contribution in [0.5, 0.6) is 0 Å². The molecule has 0 saturated carbocycles. The van der Waals surface area contributed by atoms with Crippen LogP contribution in [0.2, 0.25) is 0 Å². The normalized spacial score (nSPS) is 14.1. The summed E-state index contributed by atoms with van der Waals surface area (Å²) in [7, 11) is -9.93. The van der Waals surface area contributed by atoms with Gasteiger partial charge in [-0.2, -0.15) is 0 Å². The van der Waals surface area contributed by atoms with Gasteiger partial charge in [0, 0.05) is 25.7 Å². The minimum Gasteiger partial charge on any atom is -0.462 e. The highest BCUT2D eigenvalue weighted by atomic mass is 31.2. The molecule has 0 bridgehead atoms. The lowest BCUT2D eigenvalue weighted by Crippen LogP contribution is -2.30. The number of allylic oxidation sites excluding steroid dienone is 4. The average Bonchev–Trinajstić information content (AvgIpc) is 1.09. The maximum atomic E-state index is 13.1. The van der Waals surface area contributed by atoms with Crippen molar-refractivity contribution in [1.29, 1.82) is 0 Å². The number of phosphoric ester groups is 2. The van der Waals surface area contributed by atoms with Gasteiger partial charge in [-0.15, -0.1) is 0 Å². The first kappa shape index (κ1) is 96.5. The Labute approximate surface area is 605 Å². The predicted molar refractivity (Wildman–Crippen MR) is 404 cm³/mol. The first-order valence-corrected chi connectivity index (χ1v) is 43.8. The van der Waals surface area contributed by atoms with Crippen LogP contribution in [-0.4, -0.2) is 96.7 Å². The van der Waals surface area contributed by atoms with Crippen LogP contribution in [0.3, 0.4) is 0 Å². The smallest absolute Gasteiger partial charge is 0.462 e. The molecule has 0 spiro atoms. The monoisotopic (exact) mass is 1450 g/mol. The van der Waals surface area contributed by atoms with Crippen molar-refractivity contribution in [3.8, 4) is 0 Å². The van der Waals surface area contributed by atoms with Crippen molar-refractivity contribution in [2.24, 2.45) is 11.8 Å². The van der Waals surface area contributed by atoms with Crippen LogP contribution in [0.4, 0.5) is 0 Å². The SMILES string of the molecule is CCCCCC/C=C\C=C/CCCCCCCC(=O)OC[C@H](COP(=O)(O)OC[C@@H](O)COP(=O)(O)OC[C@@H](COC(=O)CCCCCCCCCCCCC)OC(=O)CCCCCCCCCCCC(C)C)OC(=O)CCCCCCCCCCCCCCCCCCCCC(C)C. The first-order chi connectivity index (χ1) is 47.9. The zero-order valence-electron chi connectivity index (χ0n) is 64.3. The van der Waals surface area contributed by atoms with Gasteiger partial charge >= 0.3 is 39.5 Å². The number of esters is 4. The Bertz CT molecular complexity index is 2000.